The highest BCUT2D eigenvalue weighted by molar-refractivity contribution is 5.81. The van der Waals surface area contributed by atoms with Gasteiger partial charge in [-0.3, -0.25) is 0 Å². The van der Waals surface area contributed by atoms with Gasteiger partial charge >= 0.3 is 5.97 Å². The van der Waals surface area contributed by atoms with Crippen molar-refractivity contribution in [2.24, 2.45) is 0 Å². The zero-order chi connectivity index (χ0) is 15.1. The first-order valence-electron chi connectivity index (χ1n) is 6.88. The second-order valence-corrected chi connectivity index (χ2v) is 4.49. The minimum Gasteiger partial charge on any atom is -0.455 e. The number of benzene rings is 2. The van der Waals surface area contributed by atoms with Crippen LogP contribution in [0.15, 0.2) is 67.3 Å². The molecule has 3 heteroatoms. The SMILES string of the molecule is C=CC(=O)OC(CC)Oc1cccc(-c2ccccc2)c1. The van der Waals surface area contributed by atoms with E-state index in [2.05, 4.69) is 6.58 Å². The molecular formula is C18H18O3. The Labute approximate surface area is 124 Å². The summed E-state index contributed by atoms with van der Waals surface area (Å²) in [5.41, 5.74) is 2.16. The Hall–Kier alpha value is -2.55. The molecule has 0 aliphatic carbocycles. The number of rotatable bonds is 6. The Morgan fingerprint density at radius 3 is 2.52 bits per heavy atom. The fourth-order valence-electron chi connectivity index (χ4n) is 1.90. The van der Waals surface area contributed by atoms with Crippen LogP contribution in [0.3, 0.4) is 0 Å². The molecule has 0 aromatic heterocycles. The second-order valence-electron chi connectivity index (χ2n) is 4.49. The summed E-state index contributed by atoms with van der Waals surface area (Å²) in [4.78, 5) is 11.2. The third kappa shape index (κ3) is 4.21. The molecule has 0 spiro atoms. The van der Waals surface area contributed by atoms with Gasteiger partial charge in [-0.2, -0.15) is 0 Å². The van der Waals surface area contributed by atoms with Crippen LogP contribution in [-0.2, 0) is 9.53 Å². The fourth-order valence-corrected chi connectivity index (χ4v) is 1.90. The first kappa shape index (κ1) is 14.9. The maximum atomic E-state index is 11.2. The van der Waals surface area contributed by atoms with Crippen molar-refractivity contribution in [3.05, 3.63) is 67.3 Å². The molecule has 0 amide bonds. The van der Waals surface area contributed by atoms with Gasteiger partial charge in [0.1, 0.15) is 5.75 Å². The summed E-state index contributed by atoms with van der Waals surface area (Å²) in [6, 6.07) is 17.7. The van der Waals surface area contributed by atoms with E-state index < -0.39 is 12.3 Å². The second kappa shape index (κ2) is 7.29. The zero-order valence-corrected chi connectivity index (χ0v) is 12.0. The Morgan fingerprint density at radius 1 is 1.14 bits per heavy atom. The van der Waals surface area contributed by atoms with E-state index in [9.17, 15) is 4.79 Å². The van der Waals surface area contributed by atoms with E-state index >= 15 is 0 Å². The van der Waals surface area contributed by atoms with Gasteiger partial charge in [-0.1, -0.05) is 56.0 Å². The van der Waals surface area contributed by atoms with Crippen molar-refractivity contribution in [1.29, 1.82) is 0 Å². The summed E-state index contributed by atoms with van der Waals surface area (Å²) < 4.78 is 10.8. The summed E-state index contributed by atoms with van der Waals surface area (Å²) in [7, 11) is 0. The minimum absolute atomic E-state index is 0.485. The third-order valence-electron chi connectivity index (χ3n) is 2.96. The van der Waals surface area contributed by atoms with Crippen LogP contribution in [0.2, 0.25) is 0 Å². The van der Waals surface area contributed by atoms with Gasteiger partial charge in [0.05, 0.1) is 0 Å². The van der Waals surface area contributed by atoms with Crippen molar-refractivity contribution in [2.45, 2.75) is 19.6 Å². The smallest absolute Gasteiger partial charge is 0.333 e. The van der Waals surface area contributed by atoms with E-state index in [-0.39, 0.29) is 0 Å². The predicted molar refractivity (Wildman–Crippen MR) is 82.9 cm³/mol. The van der Waals surface area contributed by atoms with Crippen LogP contribution in [0.4, 0.5) is 0 Å². The molecular weight excluding hydrogens is 264 g/mol. The fraction of sp³-hybridized carbons (Fsp3) is 0.167. The maximum absolute atomic E-state index is 11.2. The van der Waals surface area contributed by atoms with E-state index in [0.29, 0.717) is 12.2 Å². The Morgan fingerprint density at radius 2 is 1.86 bits per heavy atom. The summed E-state index contributed by atoms with van der Waals surface area (Å²) in [5, 5.41) is 0. The van der Waals surface area contributed by atoms with E-state index in [1.807, 2.05) is 61.5 Å². The minimum atomic E-state index is -0.610. The van der Waals surface area contributed by atoms with E-state index in [1.54, 1.807) is 0 Å². The summed E-state index contributed by atoms with van der Waals surface area (Å²) in [6.45, 7) is 5.27. The van der Waals surface area contributed by atoms with Crippen LogP contribution in [0.1, 0.15) is 13.3 Å². The molecule has 21 heavy (non-hydrogen) atoms. The van der Waals surface area contributed by atoms with Crippen molar-refractivity contribution >= 4 is 5.97 Å². The molecule has 2 aromatic carbocycles. The molecule has 1 unspecified atom stereocenters. The van der Waals surface area contributed by atoms with Crippen molar-refractivity contribution in [1.82, 2.24) is 0 Å². The molecule has 0 bridgehead atoms. The van der Waals surface area contributed by atoms with Gasteiger partial charge in [-0.05, 0) is 23.3 Å². The lowest BCUT2D eigenvalue weighted by atomic mass is 10.1. The van der Waals surface area contributed by atoms with Crippen LogP contribution >= 0.6 is 0 Å². The lowest BCUT2D eigenvalue weighted by Crippen LogP contribution is -2.22. The molecule has 0 fully saturated rings. The molecule has 108 valence electrons. The highest BCUT2D eigenvalue weighted by Gasteiger charge is 2.12. The summed E-state index contributed by atoms with van der Waals surface area (Å²) >= 11 is 0. The van der Waals surface area contributed by atoms with Crippen LogP contribution < -0.4 is 4.74 Å². The van der Waals surface area contributed by atoms with Gasteiger partial charge in [0, 0.05) is 12.5 Å². The molecule has 0 radical (unpaired) electrons. The monoisotopic (exact) mass is 282 g/mol. The number of carbonyl (C=O) groups is 1. The first-order valence-corrected chi connectivity index (χ1v) is 6.88. The average Bonchev–Trinajstić information content (AvgIpc) is 2.55. The molecule has 2 aromatic rings. The standard InChI is InChI=1S/C18H18O3/c1-3-17(19)21-18(4-2)20-16-12-8-11-15(13-16)14-9-6-5-7-10-14/h3,5-13,18H,1,4H2,2H3. The molecule has 0 aliphatic rings. The molecule has 0 saturated carbocycles. The number of hydrogen-bond donors (Lipinski definition) is 0. The Kier molecular flexibility index (Phi) is 5.16. The van der Waals surface area contributed by atoms with E-state index in [0.717, 1.165) is 17.2 Å². The van der Waals surface area contributed by atoms with Crippen LogP contribution in [0.5, 0.6) is 5.75 Å². The van der Waals surface area contributed by atoms with Crippen molar-refractivity contribution in [2.75, 3.05) is 0 Å². The van der Waals surface area contributed by atoms with Gasteiger partial charge in [-0.15, -0.1) is 0 Å². The summed E-state index contributed by atoms with van der Waals surface area (Å²) in [5.74, 6) is 0.182. The number of esters is 1. The van der Waals surface area contributed by atoms with Gasteiger partial charge in [0.25, 0.3) is 0 Å². The lowest BCUT2D eigenvalue weighted by Gasteiger charge is -2.17. The highest BCUT2D eigenvalue weighted by Crippen LogP contribution is 2.24. The zero-order valence-electron chi connectivity index (χ0n) is 12.0. The molecule has 0 heterocycles. The van der Waals surface area contributed by atoms with Crippen molar-refractivity contribution < 1.29 is 14.3 Å². The van der Waals surface area contributed by atoms with E-state index in [1.165, 1.54) is 0 Å². The van der Waals surface area contributed by atoms with Crippen LogP contribution in [-0.4, -0.2) is 12.3 Å². The van der Waals surface area contributed by atoms with Gasteiger partial charge < -0.3 is 9.47 Å². The largest absolute Gasteiger partial charge is 0.455 e. The Balaban J connectivity index is 2.13. The number of ether oxygens (including phenoxy) is 2. The van der Waals surface area contributed by atoms with E-state index in [4.69, 9.17) is 9.47 Å². The van der Waals surface area contributed by atoms with Crippen molar-refractivity contribution in [3.8, 4) is 16.9 Å². The molecule has 0 saturated heterocycles. The van der Waals surface area contributed by atoms with Crippen LogP contribution in [0.25, 0.3) is 11.1 Å². The molecule has 1 atom stereocenters. The molecule has 2 rings (SSSR count). The maximum Gasteiger partial charge on any atom is 0.333 e. The average molecular weight is 282 g/mol. The van der Waals surface area contributed by atoms with Crippen LogP contribution in [0, 0.1) is 0 Å². The first-order chi connectivity index (χ1) is 10.2. The number of hydrogen-bond acceptors (Lipinski definition) is 3. The topological polar surface area (TPSA) is 35.5 Å². The van der Waals surface area contributed by atoms with Gasteiger partial charge in [-0.25, -0.2) is 4.79 Å². The lowest BCUT2D eigenvalue weighted by molar-refractivity contribution is -0.157. The Bertz CT molecular complexity index is 605. The third-order valence-corrected chi connectivity index (χ3v) is 2.96. The molecule has 0 N–H and O–H groups in total. The molecule has 0 aliphatic heterocycles. The number of carbonyl (C=O) groups excluding carboxylic acids is 1. The highest BCUT2D eigenvalue weighted by atomic mass is 16.7. The predicted octanol–water partition coefficient (Wildman–Crippen LogP) is 4.20. The van der Waals surface area contributed by atoms with Gasteiger partial charge in [0.2, 0.25) is 6.29 Å². The van der Waals surface area contributed by atoms with Gasteiger partial charge in [0.15, 0.2) is 0 Å². The normalized spacial score (nSPS) is 11.5. The van der Waals surface area contributed by atoms with Crippen molar-refractivity contribution in [3.63, 3.8) is 0 Å². The summed E-state index contributed by atoms with van der Waals surface area (Å²) in [6.07, 6.45) is 1.09. The quantitative estimate of drug-likeness (QED) is 0.452. The molecule has 3 nitrogen and oxygen atoms in total.